The quantitative estimate of drug-likeness (QED) is 0.766. The van der Waals surface area contributed by atoms with Crippen LogP contribution in [0, 0.1) is 3.57 Å². The molecule has 0 aliphatic rings. The Kier molecular flexibility index (Phi) is 5.32. The van der Waals surface area contributed by atoms with E-state index >= 15 is 0 Å². The minimum atomic E-state index is -0.954. The van der Waals surface area contributed by atoms with Gasteiger partial charge in [0.1, 0.15) is 0 Å². The van der Waals surface area contributed by atoms with Crippen molar-refractivity contribution < 1.29 is 14.7 Å². The molecule has 0 bridgehead atoms. The van der Waals surface area contributed by atoms with Crippen molar-refractivity contribution in [1.82, 2.24) is 5.32 Å². The number of hydrogen-bond donors (Lipinski definition) is 2. The number of nitrogens with one attached hydrogen (secondary N) is 1. The number of hydrogen-bond acceptors (Lipinski definition) is 2. The van der Waals surface area contributed by atoms with Crippen molar-refractivity contribution in [3.05, 3.63) is 69.3 Å². The summed E-state index contributed by atoms with van der Waals surface area (Å²) in [4.78, 5) is 23.4. The average Bonchev–Trinajstić information content (AvgIpc) is 2.48. The van der Waals surface area contributed by atoms with Crippen LogP contribution in [0.5, 0.6) is 0 Å². The first-order valence-electron chi connectivity index (χ1n) is 6.39. The number of carbonyl (C=O) groups is 2. The second kappa shape index (κ2) is 7.21. The molecule has 2 aromatic rings. The van der Waals surface area contributed by atoms with E-state index in [1.165, 1.54) is 0 Å². The third-order valence-electron chi connectivity index (χ3n) is 3.05. The van der Waals surface area contributed by atoms with E-state index in [1.54, 1.807) is 42.5 Å². The van der Waals surface area contributed by atoms with Gasteiger partial charge in [-0.1, -0.05) is 36.4 Å². The molecule has 108 valence electrons. The SMILES string of the molecule is O=C(NCC(C(=O)O)c1ccccc1)c1cccc(I)c1. The Morgan fingerprint density at radius 2 is 1.81 bits per heavy atom. The van der Waals surface area contributed by atoms with Crippen LogP contribution >= 0.6 is 22.6 Å². The highest BCUT2D eigenvalue weighted by atomic mass is 127. The monoisotopic (exact) mass is 395 g/mol. The number of aliphatic carboxylic acids is 1. The largest absolute Gasteiger partial charge is 0.481 e. The van der Waals surface area contributed by atoms with Crippen molar-refractivity contribution in [2.75, 3.05) is 6.54 Å². The van der Waals surface area contributed by atoms with Gasteiger partial charge in [-0.25, -0.2) is 0 Å². The fourth-order valence-electron chi connectivity index (χ4n) is 1.96. The van der Waals surface area contributed by atoms with Crippen molar-refractivity contribution in [1.29, 1.82) is 0 Å². The number of amides is 1. The number of rotatable bonds is 5. The molecule has 2 rings (SSSR count). The summed E-state index contributed by atoms with van der Waals surface area (Å²) in [6.45, 7) is 0.0592. The van der Waals surface area contributed by atoms with Crippen LogP contribution in [-0.2, 0) is 4.79 Å². The Morgan fingerprint density at radius 3 is 2.43 bits per heavy atom. The lowest BCUT2D eigenvalue weighted by Crippen LogP contribution is -2.31. The van der Waals surface area contributed by atoms with Crippen LogP contribution in [0.15, 0.2) is 54.6 Å². The zero-order valence-electron chi connectivity index (χ0n) is 11.1. The molecule has 0 heterocycles. The molecule has 21 heavy (non-hydrogen) atoms. The van der Waals surface area contributed by atoms with E-state index in [2.05, 4.69) is 27.9 Å². The normalized spacial score (nSPS) is 11.7. The number of carboxylic acids is 1. The summed E-state index contributed by atoms with van der Waals surface area (Å²) in [6.07, 6.45) is 0. The molecule has 2 N–H and O–H groups in total. The number of carboxylic acid groups (broad SMARTS) is 1. The minimum absolute atomic E-state index is 0.0592. The predicted octanol–water partition coefficient (Wildman–Crippen LogP) is 2.89. The van der Waals surface area contributed by atoms with Gasteiger partial charge < -0.3 is 10.4 Å². The van der Waals surface area contributed by atoms with E-state index in [1.807, 2.05) is 12.1 Å². The molecular formula is C16H14INO3. The Morgan fingerprint density at radius 1 is 1.10 bits per heavy atom. The molecule has 0 aliphatic carbocycles. The molecule has 0 spiro atoms. The van der Waals surface area contributed by atoms with Crippen molar-refractivity contribution in [2.45, 2.75) is 5.92 Å². The van der Waals surface area contributed by atoms with E-state index < -0.39 is 11.9 Å². The van der Waals surface area contributed by atoms with Gasteiger partial charge in [0.05, 0.1) is 5.92 Å². The van der Waals surface area contributed by atoms with Gasteiger partial charge in [-0.3, -0.25) is 9.59 Å². The van der Waals surface area contributed by atoms with Crippen molar-refractivity contribution in [3.8, 4) is 0 Å². The summed E-state index contributed by atoms with van der Waals surface area (Å²) >= 11 is 2.13. The first-order chi connectivity index (χ1) is 10.1. The van der Waals surface area contributed by atoms with Crippen molar-refractivity contribution >= 4 is 34.5 Å². The molecule has 0 saturated carbocycles. The van der Waals surface area contributed by atoms with Gasteiger partial charge in [0.15, 0.2) is 0 Å². The highest BCUT2D eigenvalue weighted by Crippen LogP contribution is 2.15. The van der Waals surface area contributed by atoms with Crippen LogP contribution in [0.1, 0.15) is 21.8 Å². The van der Waals surface area contributed by atoms with Crippen LogP contribution in [0.3, 0.4) is 0 Å². The van der Waals surface area contributed by atoms with Crippen LogP contribution in [0.2, 0.25) is 0 Å². The zero-order valence-corrected chi connectivity index (χ0v) is 13.3. The first kappa shape index (κ1) is 15.5. The Bertz CT molecular complexity index is 643. The Balaban J connectivity index is 2.06. The summed E-state index contributed by atoms with van der Waals surface area (Å²) < 4.78 is 0.957. The van der Waals surface area contributed by atoms with E-state index in [4.69, 9.17) is 0 Å². The fourth-order valence-corrected chi connectivity index (χ4v) is 2.50. The van der Waals surface area contributed by atoms with E-state index in [-0.39, 0.29) is 12.5 Å². The summed E-state index contributed by atoms with van der Waals surface area (Å²) in [7, 11) is 0. The average molecular weight is 395 g/mol. The van der Waals surface area contributed by atoms with Crippen LogP contribution < -0.4 is 5.32 Å². The second-order valence-electron chi connectivity index (χ2n) is 4.52. The van der Waals surface area contributed by atoms with Gasteiger partial charge >= 0.3 is 5.97 Å². The molecule has 0 aromatic heterocycles. The number of benzene rings is 2. The maximum absolute atomic E-state index is 12.0. The van der Waals surface area contributed by atoms with E-state index in [0.29, 0.717) is 11.1 Å². The van der Waals surface area contributed by atoms with Gasteiger partial charge in [0.25, 0.3) is 5.91 Å². The molecule has 1 unspecified atom stereocenters. The molecule has 1 amide bonds. The highest BCUT2D eigenvalue weighted by Gasteiger charge is 2.20. The van der Waals surface area contributed by atoms with Crippen LogP contribution in [0.25, 0.3) is 0 Å². The lowest BCUT2D eigenvalue weighted by atomic mass is 9.99. The number of halogens is 1. The Labute approximate surface area is 136 Å². The highest BCUT2D eigenvalue weighted by molar-refractivity contribution is 14.1. The van der Waals surface area contributed by atoms with Gasteiger partial charge in [0, 0.05) is 15.7 Å². The van der Waals surface area contributed by atoms with Crippen LogP contribution in [0.4, 0.5) is 0 Å². The molecular weight excluding hydrogens is 381 g/mol. The molecule has 0 radical (unpaired) electrons. The molecule has 4 nitrogen and oxygen atoms in total. The summed E-state index contributed by atoms with van der Waals surface area (Å²) in [5.74, 6) is -1.97. The maximum atomic E-state index is 12.0. The van der Waals surface area contributed by atoms with Gasteiger partial charge in [-0.05, 0) is 46.4 Å². The van der Waals surface area contributed by atoms with Gasteiger partial charge in [-0.2, -0.15) is 0 Å². The van der Waals surface area contributed by atoms with Crippen molar-refractivity contribution in [2.24, 2.45) is 0 Å². The summed E-state index contributed by atoms with van der Waals surface area (Å²) in [5.41, 5.74) is 1.20. The maximum Gasteiger partial charge on any atom is 0.312 e. The minimum Gasteiger partial charge on any atom is -0.481 e. The molecule has 0 saturated heterocycles. The topological polar surface area (TPSA) is 66.4 Å². The summed E-state index contributed by atoms with van der Waals surface area (Å²) in [5, 5.41) is 12.0. The fraction of sp³-hybridized carbons (Fsp3) is 0.125. The van der Waals surface area contributed by atoms with E-state index in [0.717, 1.165) is 3.57 Å². The summed E-state index contributed by atoms with van der Waals surface area (Å²) in [6, 6.07) is 16.0. The van der Waals surface area contributed by atoms with Crippen LogP contribution in [-0.4, -0.2) is 23.5 Å². The van der Waals surface area contributed by atoms with Crippen molar-refractivity contribution in [3.63, 3.8) is 0 Å². The molecule has 2 aromatic carbocycles. The first-order valence-corrected chi connectivity index (χ1v) is 7.47. The van der Waals surface area contributed by atoms with Gasteiger partial charge in [0.2, 0.25) is 0 Å². The molecule has 5 heteroatoms. The zero-order chi connectivity index (χ0) is 15.2. The lowest BCUT2D eigenvalue weighted by molar-refractivity contribution is -0.138. The standard InChI is InChI=1S/C16H14INO3/c17-13-8-4-7-12(9-13)15(19)18-10-14(16(20)21)11-5-2-1-3-6-11/h1-9,14H,10H2,(H,18,19)(H,20,21). The second-order valence-corrected chi connectivity index (χ2v) is 5.77. The third kappa shape index (κ3) is 4.29. The lowest BCUT2D eigenvalue weighted by Gasteiger charge is -2.14. The molecule has 1 atom stereocenters. The number of carbonyl (C=O) groups excluding carboxylic acids is 1. The third-order valence-corrected chi connectivity index (χ3v) is 3.72. The molecule has 0 fully saturated rings. The Hall–Kier alpha value is -1.89. The predicted molar refractivity (Wildman–Crippen MR) is 88.3 cm³/mol. The smallest absolute Gasteiger partial charge is 0.312 e. The molecule has 0 aliphatic heterocycles. The van der Waals surface area contributed by atoms with E-state index in [9.17, 15) is 14.7 Å². The van der Waals surface area contributed by atoms with Gasteiger partial charge in [-0.15, -0.1) is 0 Å².